The normalized spacial score (nSPS) is 23.8. The van der Waals surface area contributed by atoms with Crippen molar-refractivity contribution < 1.29 is 32.6 Å². The first-order valence-electron chi connectivity index (χ1n) is 17.9. The fraction of sp³-hybridized carbons (Fsp3) is 0.667. The zero-order valence-corrected chi connectivity index (χ0v) is 30.8. The molecule has 3 saturated heterocycles. The molecule has 4 fully saturated rings. The van der Waals surface area contributed by atoms with Crippen molar-refractivity contribution >= 4 is 21.9 Å². The number of carbonyl (C=O) groups is 2. The van der Waals surface area contributed by atoms with Crippen LogP contribution in [0.15, 0.2) is 30.6 Å². The van der Waals surface area contributed by atoms with E-state index in [-0.39, 0.29) is 40.5 Å². The monoisotopic (exact) mass is 716 g/mol. The number of rotatable bonds is 8. The summed E-state index contributed by atoms with van der Waals surface area (Å²) in [4.78, 5) is 38.4. The van der Waals surface area contributed by atoms with E-state index >= 15 is 0 Å². The molecule has 3 atom stereocenters. The van der Waals surface area contributed by atoms with Crippen LogP contribution >= 0.6 is 0 Å². The number of carboxylic acids is 1. The lowest BCUT2D eigenvalue weighted by Gasteiger charge is -2.54. The number of amides is 1. The molecule has 50 heavy (non-hydrogen) atoms. The number of carboxylic acid groups (broad SMARTS) is 1. The molecular weight excluding hydrogens is 663 g/mol. The van der Waals surface area contributed by atoms with Gasteiger partial charge in [-0.05, 0) is 96.8 Å². The van der Waals surface area contributed by atoms with E-state index in [1.807, 2.05) is 24.8 Å². The first-order chi connectivity index (χ1) is 23.6. The average Bonchev–Trinajstić information content (AvgIpc) is 3.93. The fourth-order valence-corrected chi connectivity index (χ4v) is 9.76. The maximum Gasteiger partial charge on any atom is 0.332 e. The number of halogens is 1. The van der Waals surface area contributed by atoms with E-state index in [2.05, 4.69) is 33.6 Å². The van der Waals surface area contributed by atoms with Gasteiger partial charge in [-0.3, -0.25) is 14.6 Å². The summed E-state index contributed by atoms with van der Waals surface area (Å²) in [6.07, 6.45) is 5.22. The average molecular weight is 717 g/mol. The highest BCUT2D eigenvalue weighted by Crippen LogP contribution is 2.41. The van der Waals surface area contributed by atoms with Gasteiger partial charge in [-0.15, -0.1) is 0 Å². The number of carbonyl (C=O) groups excluding carboxylic acids is 1. The second-order valence-electron chi connectivity index (χ2n) is 14.7. The minimum absolute atomic E-state index is 0.00866. The molecular formula is C36H53FN6O6S. The highest BCUT2D eigenvalue weighted by Gasteiger charge is 2.45. The maximum absolute atomic E-state index is 14.5. The van der Waals surface area contributed by atoms with Gasteiger partial charge in [-0.25, -0.2) is 31.9 Å². The molecule has 14 heteroatoms. The summed E-state index contributed by atoms with van der Waals surface area (Å²) in [5.74, 6) is -1.13. The van der Waals surface area contributed by atoms with E-state index in [9.17, 15) is 22.4 Å². The molecule has 12 nitrogen and oxygen atoms in total. The smallest absolute Gasteiger partial charge is 0.332 e. The molecule has 0 spiro atoms. The zero-order valence-electron chi connectivity index (χ0n) is 30.0. The number of aryl methyl sites for hydroxylation is 2. The summed E-state index contributed by atoms with van der Waals surface area (Å²) in [5.41, 5.74) is 3.05. The van der Waals surface area contributed by atoms with Crippen LogP contribution in [0, 0.1) is 25.6 Å². The van der Waals surface area contributed by atoms with E-state index in [0.717, 1.165) is 75.1 Å². The number of piperidine rings is 2. The standard InChI is InChI=1S/C33H47FN6O3S.C3H6O3/c1-23-21-38(33(4)12-16-37(17-13-33)32(41)30-24(2)35-22-36-25(30)3)18-19-40(23)31(27-6-5-7-28(34)20-27)26-10-14-39(15-11-26)44(42,43)29-8-9-29;1-2(4)3(5)6/h5-7,20,22-23,26,29,31H,8-19,21H2,1-4H3;2,4H,1H3,(H,5,6)/t23-,31+;/m1./s1. The zero-order chi connectivity index (χ0) is 36.4. The van der Waals surface area contributed by atoms with Crippen LogP contribution in [0.3, 0.4) is 0 Å². The van der Waals surface area contributed by atoms with Gasteiger partial charge in [-0.1, -0.05) is 12.1 Å². The number of piperazine rings is 1. The van der Waals surface area contributed by atoms with Crippen LogP contribution in [-0.4, -0.2) is 128 Å². The van der Waals surface area contributed by atoms with Crippen LogP contribution in [-0.2, 0) is 14.8 Å². The Hall–Kier alpha value is -3.04. The number of hydrogen-bond donors (Lipinski definition) is 2. The summed E-state index contributed by atoms with van der Waals surface area (Å²) in [6, 6.07) is 7.29. The molecule has 3 aliphatic heterocycles. The molecule has 2 aromatic rings. The number of likely N-dealkylation sites (tertiary alicyclic amines) is 1. The predicted molar refractivity (Wildman–Crippen MR) is 187 cm³/mol. The summed E-state index contributed by atoms with van der Waals surface area (Å²) in [7, 11) is -3.18. The predicted octanol–water partition coefficient (Wildman–Crippen LogP) is 3.63. The Morgan fingerprint density at radius 2 is 1.58 bits per heavy atom. The van der Waals surface area contributed by atoms with Crippen molar-refractivity contribution in [3.05, 3.63) is 58.9 Å². The molecule has 4 heterocycles. The van der Waals surface area contributed by atoms with E-state index in [0.29, 0.717) is 31.7 Å². The van der Waals surface area contributed by atoms with Crippen molar-refractivity contribution in [2.24, 2.45) is 5.92 Å². The molecule has 1 aliphatic carbocycles. The Labute approximate surface area is 295 Å². The molecule has 1 unspecified atom stereocenters. The lowest BCUT2D eigenvalue weighted by Crippen LogP contribution is -2.63. The van der Waals surface area contributed by atoms with Crippen LogP contribution in [0.1, 0.15) is 92.6 Å². The first kappa shape index (κ1) is 38.2. The number of nitrogens with zero attached hydrogens (tertiary/aromatic N) is 6. The largest absolute Gasteiger partial charge is 0.479 e. The Bertz CT molecular complexity index is 1600. The number of benzene rings is 1. The number of sulfonamides is 1. The molecule has 4 aliphatic rings. The molecule has 1 aromatic heterocycles. The third kappa shape index (κ3) is 8.52. The summed E-state index contributed by atoms with van der Waals surface area (Å²) >= 11 is 0. The number of aliphatic hydroxyl groups is 1. The quantitative estimate of drug-likeness (QED) is 0.415. The van der Waals surface area contributed by atoms with Gasteiger partial charge in [-0.2, -0.15) is 0 Å². The van der Waals surface area contributed by atoms with E-state index in [4.69, 9.17) is 10.2 Å². The number of hydrogen-bond acceptors (Lipinski definition) is 9. The summed E-state index contributed by atoms with van der Waals surface area (Å²) in [5, 5.41) is 15.6. The van der Waals surface area contributed by atoms with Gasteiger partial charge in [0.2, 0.25) is 10.0 Å². The van der Waals surface area contributed by atoms with Crippen LogP contribution < -0.4 is 0 Å². The molecule has 0 bridgehead atoms. The van der Waals surface area contributed by atoms with Crippen LogP contribution in [0.2, 0.25) is 0 Å². The van der Waals surface area contributed by atoms with Crippen molar-refractivity contribution in [1.29, 1.82) is 0 Å². The third-order valence-corrected chi connectivity index (χ3v) is 13.6. The number of aromatic nitrogens is 2. The van der Waals surface area contributed by atoms with Gasteiger partial charge in [0.05, 0.1) is 22.2 Å². The third-order valence-electron chi connectivity index (χ3n) is 11.2. The molecule has 1 saturated carbocycles. The minimum atomic E-state index is -3.18. The summed E-state index contributed by atoms with van der Waals surface area (Å²) in [6.45, 7) is 14.7. The Balaban J connectivity index is 0.000000745. The maximum atomic E-state index is 14.5. The molecule has 1 amide bonds. The van der Waals surface area contributed by atoms with Gasteiger partial charge in [0.15, 0.2) is 0 Å². The highest BCUT2D eigenvalue weighted by atomic mass is 32.2. The molecule has 1 aromatic carbocycles. The van der Waals surface area contributed by atoms with Crippen LogP contribution in [0.25, 0.3) is 0 Å². The topological polar surface area (TPSA) is 147 Å². The van der Waals surface area contributed by atoms with Gasteiger partial charge >= 0.3 is 5.97 Å². The van der Waals surface area contributed by atoms with Gasteiger partial charge in [0.25, 0.3) is 5.91 Å². The van der Waals surface area contributed by atoms with Crippen molar-refractivity contribution in [3.8, 4) is 0 Å². The van der Waals surface area contributed by atoms with E-state index in [1.165, 1.54) is 19.3 Å². The Morgan fingerprint density at radius 1 is 0.980 bits per heavy atom. The van der Waals surface area contributed by atoms with Crippen molar-refractivity contribution in [3.63, 3.8) is 0 Å². The van der Waals surface area contributed by atoms with Crippen molar-refractivity contribution in [2.75, 3.05) is 45.8 Å². The van der Waals surface area contributed by atoms with Gasteiger partial charge < -0.3 is 15.1 Å². The van der Waals surface area contributed by atoms with Crippen LogP contribution in [0.4, 0.5) is 4.39 Å². The molecule has 6 rings (SSSR count). The molecule has 0 radical (unpaired) electrons. The summed E-state index contributed by atoms with van der Waals surface area (Å²) < 4.78 is 42.0. The van der Waals surface area contributed by atoms with Gasteiger partial charge in [0.1, 0.15) is 18.2 Å². The van der Waals surface area contributed by atoms with Crippen LogP contribution in [0.5, 0.6) is 0 Å². The first-order valence-corrected chi connectivity index (χ1v) is 19.4. The molecule has 276 valence electrons. The lowest BCUT2D eigenvalue weighted by atomic mass is 9.82. The second kappa shape index (κ2) is 15.7. The molecule has 2 N–H and O–H groups in total. The van der Waals surface area contributed by atoms with Crippen molar-refractivity contribution in [1.82, 2.24) is 29.0 Å². The SMILES string of the molecule is CC(O)C(=O)O.Cc1ncnc(C)c1C(=O)N1CCC(C)(N2CCN([C@H](c3cccc(F)c3)C3CCN(S(=O)(=O)C4CC4)CC3)[C@H](C)C2)CC1. The lowest BCUT2D eigenvalue weighted by molar-refractivity contribution is -0.145. The van der Waals surface area contributed by atoms with Gasteiger partial charge in [0, 0.05) is 63.4 Å². The minimum Gasteiger partial charge on any atom is -0.479 e. The Morgan fingerprint density at radius 3 is 2.10 bits per heavy atom. The second-order valence-corrected chi connectivity index (χ2v) is 16.9. The van der Waals surface area contributed by atoms with Crippen molar-refractivity contribution in [2.45, 2.75) is 102 Å². The number of aliphatic hydroxyl groups excluding tert-OH is 1. The Kier molecular flexibility index (Phi) is 12.0. The van der Waals surface area contributed by atoms with E-state index in [1.54, 1.807) is 16.4 Å². The highest BCUT2D eigenvalue weighted by molar-refractivity contribution is 7.90. The fourth-order valence-electron chi connectivity index (χ4n) is 7.89. The van der Waals surface area contributed by atoms with E-state index < -0.39 is 22.1 Å². The number of aliphatic carboxylic acids is 1.